The standard InChI is InChI=1S/C14H24N2O/c1-14(2)5-3-13(17)12(11-14)4-8-16-9-6-15-7-10-16/h3,5,12,15H,4,6-11H2,1-2H3. The molecule has 1 saturated heterocycles. The third-order valence-electron chi connectivity index (χ3n) is 3.88. The van der Waals surface area contributed by atoms with Crippen LogP contribution < -0.4 is 5.32 Å². The van der Waals surface area contributed by atoms with Crippen molar-refractivity contribution in [2.45, 2.75) is 26.7 Å². The van der Waals surface area contributed by atoms with Crippen LogP contribution in [0, 0.1) is 11.3 Å². The Balaban J connectivity index is 1.82. The molecule has 1 aliphatic carbocycles. The van der Waals surface area contributed by atoms with Crippen LogP contribution in [0.15, 0.2) is 12.2 Å². The van der Waals surface area contributed by atoms with E-state index in [0.717, 1.165) is 45.6 Å². The first-order chi connectivity index (χ1) is 8.07. The fourth-order valence-corrected chi connectivity index (χ4v) is 2.76. The van der Waals surface area contributed by atoms with E-state index >= 15 is 0 Å². The Morgan fingerprint density at radius 3 is 2.82 bits per heavy atom. The number of hydrogen-bond donors (Lipinski definition) is 1. The molecular formula is C14H24N2O. The molecule has 1 N–H and O–H groups in total. The molecule has 0 radical (unpaired) electrons. The number of hydrogen-bond acceptors (Lipinski definition) is 3. The number of carbonyl (C=O) groups excluding carboxylic acids is 1. The van der Waals surface area contributed by atoms with Crippen LogP contribution in [-0.4, -0.2) is 43.4 Å². The van der Waals surface area contributed by atoms with Crippen molar-refractivity contribution in [2.75, 3.05) is 32.7 Å². The van der Waals surface area contributed by atoms with Crippen molar-refractivity contribution in [1.82, 2.24) is 10.2 Å². The zero-order valence-electron chi connectivity index (χ0n) is 11.0. The maximum Gasteiger partial charge on any atom is 0.158 e. The zero-order chi connectivity index (χ0) is 12.3. The molecule has 2 rings (SSSR count). The molecule has 0 spiro atoms. The number of piperazine rings is 1. The summed E-state index contributed by atoms with van der Waals surface area (Å²) >= 11 is 0. The first kappa shape index (κ1) is 12.8. The molecule has 3 nitrogen and oxygen atoms in total. The van der Waals surface area contributed by atoms with Crippen molar-refractivity contribution in [3.63, 3.8) is 0 Å². The summed E-state index contributed by atoms with van der Waals surface area (Å²) in [6, 6.07) is 0. The van der Waals surface area contributed by atoms with E-state index in [2.05, 4.69) is 30.1 Å². The number of allylic oxidation sites excluding steroid dienone is 2. The largest absolute Gasteiger partial charge is 0.314 e. The minimum atomic E-state index is 0.196. The van der Waals surface area contributed by atoms with E-state index in [-0.39, 0.29) is 11.3 Å². The van der Waals surface area contributed by atoms with Gasteiger partial charge in [0.1, 0.15) is 0 Å². The van der Waals surface area contributed by atoms with Gasteiger partial charge >= 0.3 is 0 Å². The minimum absolute atomic E-state index is 0.196. The summed E-state index contributed by atoms with van der Waals surface area (Å²) in [6.45, 7) is 9.93. The second-order valence-corrected chi connectivity index (χ2v) is 6.01. The average molecular weight is 236 g/mol. The van der Waals surface area contributed by atoms with Gasteiger partial charge < -0.3 is 10.2 Å². The normalized spacial score (nSPS) is 29.5. The van der Waals surface area contributed by atoms with E-state index in [1.54, 1.807) is 6.08 Å². The third kappa shape index (κ3) is 3.65. The third-order valence-corrected chi connectivity index (χ3v) is 3.88. The highest BCUT2D eigenvalue weighted by atomic mass is 16.1. The average Bonchev–Trinajstić information content (AvgIpc) is 2.32. The lowest BCUT2D eigenvalue weighted by atomic mass is 9.75. The smallest absolute Gasteiger partial charge is 0.158 e. The van der Waals surface area contributed by atoms with Gasteiger partial charge in [0, 0.05) is 32.1 Å². The summed E-state index contributed by atoms with van der Waals surface area (Å²) < 4.78 is 0. The molecule has 3 heteroatoms. The van der Waals surface area contributed by atoms with Crippen molar-refractivity contribution >= 4 is 5.78 Å². The molecule has 96 valence electrons. The van der Waals surface area contributed by atoms with Crippen molar-refractivity contribution < 1.29 is 4.79 Å². The van der Waals surface area contributed by atoms with Gasteiger partial charge in [0.2, 0.25) is 0 Å². The zero-order valence-corrected chi connectivity index (χ0v) is 11.0. The van der Waals surface area contributed by atoms with Gasteiger partial charge in [0.25, 0.3) is 0 Å². The van der Waals surface area contributed by atoms with Crippen LogP contribution in [0.2, 0.25) is 0 Å². The van der Waals surface area contributed by atoms with Crippen molar-refractivity contribution in [3.8, 4) is 0 Å². The Morgan fingerprint density at radius 1 is 1.41 bits per heavy atom. The van der Waals surface area contributed by atoms with Crippen LogP contribution >= 0.6 is 0 Å². The monoisotopic (exact) mass is 236 g/mol. The topological polar surface area (TPSA) is 32.3 Å². The van der Waals surface area contributed by atoms with Gasteiger partial charge in [0.15, 0.2) is 5.78 Å². The van der Waals surface area contributed by atoms with Gasteiger partial charge in [-0.15, -0.1) is 0 Å². The van der Waals surface area contributed by atoms with Crippen LogP contribution in [0.3, 0.4) is 0 Å². The second-order valence-electron chi connectivity index (χ2n) is 6.01. The van der Waals surface area contributed by atoms with Gasteiger partial charge in [0.05, 0.1) is 0 Å². The fraction of sp³-hybridized carbons (Fsp3) is 0.786. The van der Waals surface area contributed by atoms with E-state index < -0.39 is 0 Å². The summed E-state index contributed by atoms with van der Waals surface area (Å²) in [4.78, 5) is 14.3. The Kier molecular flexibility index (Phi) is 4.00. The fourth-order valence-electron chi connectivity index (χ4n) is 2.76. The molecule has 0 amide bonds. The highest BCUT2D eigenvalue weighted by molar-refractivity contribution is 5.92. The quantitative estimate of drug-likeness (QED) is 0.805. The maximum absolute atomic E-state index is 11.8. The van der Waals surface area contributed by atoms with Crippen LogP contribution in [0.5, 0.6) is 0 Å². The van der Waals surface area contributed by atoms with E-state index in [9.17, 15) is 4.79 Å². The molecule has 0 bridgehead atoms. The van der Waals surface area contributed by atoms with Gasteiger partial charge in [-0.05, 0) is 30.9 Å². The maximum atomic E-state index is 11.8. The highest BCUT2D eigenvalue weighted by Gasteiger charge is 2.29. The summed E-state index contributed by atoms with van der Waals surface area (Å²) in [5.74, 6) is 0.573. The number of nitrogens with one attached hydrogen (secondary N) is 1. The SMILES string of the molecule is CC1(C)C=CC(=O)C(CCN2CCNCC2)C1. The van der Waals surface area contributed by atoms with Crippen molar-refractivity contribution in [1.29, 1.82) is 0 Å². The van der Waals surface area contributed by atoms with Crippen LogP contribution in [0.4, 0.5) is 0 Å². The van der Waals surface area contributed by atoms with Crippen LogP contribution in [-0.2, 0) is 4.79 Å². The molecule has 1 aliphatic heterocycles. The molecule has 1 unspecified atom stereocenters. The molecule has 0 aromatic carbocycles. The minimum Gasteiger partial charge on any atom is -0.314 e. The van der Waals surface area contributed by atoms with Gasteiger partial charge in [-0.2, -0.15) is 0 Å². The van der Waals surface area contributed by atoms with Crippen molar-refractivity contribution in [2.24, 2.45) is 11.3 Å². The van der Waals surface area contributed by atoms with E-state index in [0.29, 0.717) is 5.78 Å². The summed E-state index contributed by atoms with van der Waals surface area (Å²) in [5.41, 5.74) is 0.196. The lowest BCUT2D eigenvalue weighted by molar-refractivity contribution is -0.120. The van der Waals surface area contributed by atoms with Gasteiger partial charge in [-0.3, -0.25) is 4.79 Å². The van der Waals surface area contributed by atoms with E-state index in [1.165, 1.54) is 0 Å². The first-order valence-electron chi connectivity index (χ1n) is 6.73. The molecule has 0 saturated carbocycles. The molecular weight excluding hydrogens is 212 g/mol. The summed E-state index contributed by atoms with van der Waals surface area (Å²) in [5, 5.41) is 3.35. The molecule has 0 aromatic rings. The van der Waals surface area contributed by atoms with Crippen LogP contribution in [0.1, 0.15) is 26.7 Å². The summed E-state index contributed by atoms with van der Waals surface area (Å²) in [7, 11) is 0. The molecule has 1 heterocycles. The lowest BCUT2D eigenvalue weighted by Crippen LogP contribution is -2.44. The number of nitrogens with zero attached hydrogens (tertiary/aromatic N) is 1. The highest BCUT2D eigenvalue weighted by Crippen LogP contribution is 2.33. The Hall–Kier alpha value is -0.670. The van der Waals surface area contributed by atoms with E-state index in [1.807, 2.05) is 0 Å². The Labute approximate surface area is 104 Å². The Bertz CT molecular complexity index is 303. The molecule has 2 aliphatic rings. The number of carbonyl (C=O) groups is 1. The van der Waals surface area contributed by atoms with E-state index in [4.69, 9.17) is 0 Å². The molecule has 1 atom stereocenters. The predicted molar refractivity (Wildman–Crippen MR) is 70.0 cm³/mol. The lowest BCUT2D eigenvalue weighted by Gasteiger charge is -2.32. The second kappa shape index (κ2) is 5.32. The Morgan fingerprint density at radius 2 is 2.12 bits per heavy atom. The predicted octanol–water partition coefficient (Wildman–Crippen LogP) is 1.45. The van der Waals surface area contributed by atoms with Gasteiger partial charge in [-0.25, -0.2) is 0 Å². The van der Waals surface area contributed by atoms with Crippen molar-refractivity contribution in [3.05, 3.63) is 12.2 Å². The summed E-state index contributed by atoms with van der Waals surface area (Å²) in [6.07, 6.45) is 5.89. The van der Waals surface area contributed by atoms with Crippen LogP contribution in [0.25, 0.3) is 0 Å². The molecule has 0 aromatic heterocycles. The first-order valence-corrected chi connectivity index (χ1v) is 6.73. The number of ketones is 1. The van der Waals surface area contributed by atoms with Gasteiger partial charge in [-0.1, -0.05) is 19.9 Å². The molecule has 1 fully saturated rings. The number of rotatable bonds is 3. The molecule has 17 heavy (non-hydrogen) atoms.